The lowest BCUT2D eigenvalue weighted by Gasteiger charge is -2.09. The monoisotopic (exact) mass is 379 g/mol. The van der Waals surface area contributed by atoms with Crippen LogP contribution in [0.15, 0.2) is 42.5 Å². The summed E-state index contributed by atoms with van der Waals surface area (Å²) in [5.74, 6) is 0.122. The van der Waals surface area contributed by atoms with Crippen molar-refractivity contribution < 1.29 is 9.72 Å². The molecule has 0 atom stereocenters. The number of benzene rings is 2. The lowest BCUT2D eigenvalue weighted by atomic mass is 10.1. The molecule has 10 heteroatoms. The van der Waals surface area contributed by atoms with Gasteiger partial charge in [-0.3, -0.25) is 14.9 Å². The van der Waals surface area contributed by atoms with Gasteiger partial charge in [-0.05, 0) is 47.5 Å². The van der Waals surface area contributed by atoms with E-state index in [1.54, 1.807) is 37.4 Å². The van der Waals surface area contributed by atoms with Crippen LogP contribution in [0.2, 0.25) is 0 Å². The number of nitrogens with zero attached hydrogens (tertiary/aromatic N) is 5. The van der Waals surface area contributed by atoms with Gasteiger partial charge in [0.05, 0.1) is 4.92 Å². The molecule has 2 N–H and O–H groups in total. The number of rotatable bonds is 6. The van der Waals surface area contributed by atoms with Crippen LogP contribution in [0.4, 0.5) is 17.1 Å². The Labute approximate surface area is 159 Å². The summed E-state index contributed by atoms with van der Waals surface area (Å²) in [6.07, 6.45) is 1.99. The minimum Gasteiger partial charge on any atom is -0.377 e. The van der Waals surface area contributed by atoms with Gasteiger partial charge < -0.3 is 10.6 Å². The van der Waals surface area contributed by atoms with E-state index in [2.05, 4.69) is 26.2 Å². The molecule has 142 valence electrons. The van der Waals surface area contributed by atoms with E-state index in [0.717, 1.165) is 18.4 Å². The SMILES string of the molecule is Cn1nnnc1-c1cccc(NC(=O)c2ccc(NC3CC3)c([N+](=O)[O-])c2)c1. The van der Waals surface area contributed by atoms with E-state index in [9.17, 15) is 14.9 Å². The largest absolute Gasteiger partial charge is 0.377 e. The summed E-state index contributed by atoms with van der Waals surface area (Å²) in [5, 5.41) is 28.6. The Balaban J connectivity index is 1.56. The lowest BCUT2D eigenvalue weighted by Crippen LogP contribution is -2.13. The fourth-order valence-electron chi connectivity index (χ4n) is 2.81. The zero-order chi connectivity index (χ0) is 19.7. The summed E-state index contributed by atoms with van der Waals surface area (Å²) in [6.45, 7) is 0. The van der Waals surface area contributed by atoms with Crippen molar-refractivity contribution in [2.24, 2.45) is 7.05 Å². The quantitative estimate of drug-likeness (QED) is 0.497. The number of hydrogen-bond donors (Lipinski definition) is 2. The number of aryl methyl sites for hydroxylation is 1. The third-order valence-corrected chi connectivity index (χ3v) is 4.39. The predicted octanol–water partition coefficient (Wildman–Crippen LogP) is 2.61. The van der Waals surface area contributed by atoms with Gasteiger partial charge in [-0.15, -0.1) is 5.10 Å². The highest BCUT2D eigenvalue weighted by molar-refractivity contribution is 6.05. The van der Waals surface area contributed by atoms with Gasteiger partial charge in [0.1, 0.15) is 5.69 Å². The van der Waals surface area contributed by atoms with Crippen LogP contribution in [-0.4, -0.2) is 37.1 Å². The average molecular weight is 379 g/mol. The number of nitro benzene ring substituents is 1. The maximum Gasteiger partial charge on any atom is 0.293 e. The first-order chi connectivity index (χ1) is 13.5. The fraction of sp³-hybridized carbons (Fsp3) is 0.222. The van der Waals surface area contributed by atoms with Crippen molar-refractivity contribution in [3.05, 3.63) is 58.1 Å². The van der Waals surface area contributed by atoms with Crippen LogP contribution in [0.3, 0.4) is 0 Å². The van der Waals surface area contributed by atoms with Gasteiger partial charge in [0.25, 0.3) is 11.6 Å². The van der Waals surface area contributed by atoms with Gasteiger partial charge in [-0.2, -0.15) is 0 Å². The molecule has 0 saturated heterocycles. The first-order valence-corrected chi connectivity index (χ1v) is 8.70. The van der Waals surface area contributed by atoms with Gasteiger partial charge in [-0.25, -0.2) is 4.68 Å². The fourth-order valence-corrected chi connectivity index (χ4v) is 2.81. The second-order valence-electron chi connectivity index (χ2n) is 6.57. The minimum absolute atomic E-state index is 0.113. The van der Waals surface area contributed by atoms with Crippen molar-refractivity contribution in [1.82, 2.24) is 20.2 Å². The summed E-state index contributed by atoms with van der Waals surface area (Å²) in [7, 11) is 1.72. The Bertz CT molecular complexity index is 1060. The summed E-state index contributed by atoms with van der Waals surface area (Å²) >= 11 is 0. The number of nitrogens with one attached hydrogen (secondary N) is 2. The van der Waals surface area contributed by atoms with Crippen molar-refractivity contribution in [2.75, 3.05) is 10.6 Å². The number of carbonyl (C=O) groups is 1. The van der Waals surface area contributed by atoms with E-state index in [1.165, 1.54) is 10.7 Å². The number of hydrogen-bond acceptors (Lipinski definition) is 7. The van der Waals surface area contributed by atoms with Gasteiger partial charge >= 0.3 is 0 Å². The van der Waals surface area contributed by atoms with Crippen LogP contribution in [0.1, 0.15) is 23.2 Å². The molecule has 1 aliphatic carbocycles. The second kappa shape index (κ2) is 7.06. The lowest BCUT2D eigenvalue weighted by molar-refractivity contribution is -0.384. The zero-order valence-electron chi connectivity index (χ0n) is 15.0. The third-order valence-electron chi connectivity index (χ3n) is 4.39. The average Bonchev–Trinajstić information content (AvgIpc) is 3.39. The number of nitro groups is 1. The normalized spacial score (nSPS) is 13.2. The second-order valence-corrected chi connectivity index (χ2v) is 6.57. The molecule has 1 aliphatic rings. The smallest absolute Gasteiger partial charge is 0.293 e. The molecule has 0 spiro atoms. The van der Waals surface area contributed by atoms with Crippen molar-refractivity contribution in [3.8, 4) is 11.4 Å². The molecule has 1 amide bonds. The Kier molecular flexibility index (Phi) is 4.44. The van der Waals surface area contributed by atoms with Crippen LogP contribution >= 0.6 is 0 Å². The highest BCUT2D eigenvalue weighted by Crippen LogP contribution is 2.31. The van der Waals surface area contributed by atoms with Crippen LogP contribution < -0.4 is 10.6 Å². The Morgan fingerprint density at radius 3 is 2.75 bits per heavy atom. The molecule has 10 nitrogen and oxygen atoms in total. The Morgan fingerprint density at radius 2 is 2.07 bits per heavy atom. The number of carbonyl (C=O) groups excluding carboxylic acids is 1. The molecule has 1 aromatic heterocycles. The molecule has 0 bridgehead atoms. The van der Waals surface area contributed by atoms with E-state index in [-0.39, 0.29) is 17.3 Å². The predicted molar refractivity (Wildman–Crippen MR) is 102 cm³/mol. The minimum atomic E-state index is -0.483. The molecular weight excluding hydrogens is 362 g/mol. The first kappa shape index (κ1) is 17.6. The van der Waals surface area contributed by atoms with Crippen molar-refractivity contribution in [2.45, 2.75) is 18.9 Å². The third kappa shape index (κ3) is 3.65. The summed E-state index contributed by atoms with van der Waals surface area (Å²) in [5.41, 5.74) is 1.80. The summed E-state index contributed by atoms with van der Waals surface area (Å²) in [4.78, 5) is 23.5. The maximum atomic E-state index is 12.6. The molecule has 2 aromatic carbocycles. The number of tetrazole rings is 1. The first-order valence-electron chi connectivity index (χ1n) is 8.70. The molecule has 0 aliphatic heterocycles. The molecule has 4 rings (SSSR count). The van der Waals surface area contributed by atoms with Gasteiger partial charge in [0.2, 0.25) is 0 Å². The molecule has 1 saturated carbocycles. The summed E-state index contributed by atoms with van der Waals surface area (Å²) in [6, 6.07) is 11.8. The van der Waals surface area contributed by atoms with Crippen molar-refractivity contribution >= 4 is 23.0 Å². The molecule has 1 fully saturated rings. The standard InChI is InChI=1S/C18H17N7O3/c1-24-17(21-22-23-24)11-3-2-4-14(9-11)20-18(26)12-5-8-15(19-13-6-7-13)16(10-12)25(27)28/h2-5,8-10,13,19H,6-7H2,1H3,(H,20,26). The van der Waals surface area contributed by atoms with Gasteiger partial charge in [0.15, 0.2) is 5.82 Å². The molecule has 3 aromatic rings. The summed E-state index contributed by atoms with van der Waals surface area (Å²) < 4.78 is 1.52. The van der Waals surface area contributed by atoms with Crippen molar-refractivity contribution in [3.63, 3.8) is 0 Å². The van der Waals surface area contributed by atoms with Gasteiger partial charge in [0, 0.05) is 36.0 Å². The van der Waals surface area contributed by atoms with Gasteiger partial charge in [-0.1, -0.05) is 12.1 Å². The number of amides is 1. The van der Waals surface area contributed by atoms with Crippen molar-refractivity contribution in [1.29, 1.82) is 0 Å². The van der Waals surface area contributed by atoms with E-state index < -0.39 is 10.8 Å². The van der Waals surface area contributed by atoms with E-state index in [4.69, 9.17) is 0 Å². The van der Waals surface area contributed by atoms with Crippen LogP contribution in [0, 0.1) is 10.1 Å². The molecular formula is C18H17N7O3. The van der Waals surface area contributed by atoms with E-state index >= 15 is 0 Å². The molecule has 1 heterocycles. The van der Waals surface area contributed by atoms with Crippen LogP contribution in [0.5, 0.6) is 0 Å². The Hall–Kier alpha value is -3.82. The maximum absolute atomic E-state index is 12.6. The molecule has 28 heavy (non-hydrogen) atoms. The number of anilines is 2. The highest BCUT2D eigenvalue weighted by Gasteiger charge is 2.25. The topological polar surface area (TPSA) is 128 Å². The number of aromatic nitrogens is 4. The van der Waals surface area contributed by atoms with E-state index in [0.29, 0.717) is 17.2 Å². The Morgan fingerprint density at radius 1 is 1.25 bits per heavy atom. The highest BCUT2D eigenvalue weighted by atomic mass is 16.6. The molecule has 0 unspecified atom stereocenters. The zero-order valence-corrected chi connectivity index (χ0v) is 15.0. The molecule has 0 radical (unpaired) electrons. The van der Waals surface area contributed by atoms with Crippen LogP contribution in [-0.2, 0) is 7.05 Å². The van der Waals surface area contributed by atoms with E-state index in [1.807, 2.05) is 6.07 Å². The van der Waals surface area contributed by atoms with Crippen LogP contribution in [0.25, 0.3) is 11.4 Å².